The smallest absolute Gasteiger partial charge is 0.266 e. The third kappa shape index (κ3) is 4.54. The van der Waals surface area contributed by atoms with Crippen molar-refractivity contribution in [2.24, 2.45) is 0 Å². The van der Waals surface area contributed by atoms with E-state index < -0.39 is 0 Å². The van der Waals surface area contributed by atoms with Crippen molar-refractivity contribution in [1.82, 2.24) is 14.9 Å². The first-order chi connectivity index (χ1) is 14.9. The molecular weight excluding hydrogens is 412 g/mol. The topological polar surface area (TPSA) is 93.1 Å². The summed E-state index contributed by atoms with van der Waals surface area (Å²) in [5.74, 6) is -0.448. The fraction of sp³-hybridized carbons (Fsp3) is 0.391. The molecule has 1 fully saturated rings. The number of thiophene rings is 1. The van der Waals surface area contributed by atoms with Gasteiger partial charge in [0.15, 0.2) is 0 Å². The molecule has 2 amide bonds. The number of carbonyl (C=O) groups excluding carboxylic acids is 2. The second-order valence-electron chi connectivity index (χ2n) is 8.09. The summed E-state index contributed by atoms with van der Waals surface area (Å²) in [5.41, 5.74) is 1.98. The number of amides is 2. The molecule has 0 saturated heterocycles. The minimum Gasteiger partial charge on any atom is -0.352 e. The summed E-state index contributed by atoms with van der Waals surface area (Å²) >= 11 is 1.19. The summed E-state index contributed by atoms with van der Waals surface area (Å²) in [6.07, 6.45) is 6.83. The molecule has 2 N–H and O–H groups in total. The Morgan fingerprint density at radius 2 is 1.90 bits per heavy atom. The Morgan fingerprint density at radius 1 is 1.16 bits per heavy atom. The number of rotatable bonds is 5. The number of nitrogens with zero attached hydrogens (tertiary/aromatic N) is 2. The van der Waals surface area contributed by atoms with Crippen LogP contribution in [0.2, 0.25) is 0 Å². The van der Waals surface area contributed by atoms with Crippen LogP contribution in [0, 0.1) is 13.8 Å². The van der Waals surface area contributed by atoms with E-state index in [-0.39, 0.29) is 30.0 Å². The number of benzene rings is 1. The van der Waals surface area contributed by atoms with Gasteiger partial charge in [-0.3, -0.25) is 19.0 Å². The molecule has 2 heterocycles. The molecule has 0 atom stereocenters. The van der Waals surface area contributed by atoms with Crippen LogP contribution in [-0.2, 0) is 11.3 Å². The van der Waals surface area contributed by atoms with E-state index >= 15 is 0 Å². The van der Waals surface area contributed by atoms with Gasteiger partial charge in [0.1, 0.15) is 11.4 Å². The summed E-state index contributed by atoms with van der Waals surface area (Å²) in [5, 5.41) is 6.33. The van der Waals surface area contributed by atoms with Gasteiger partial charge in [-0.2, -0.15) is 0 Å². The second kappa shape index (κ2) is 9.01. The van der Waals surface area contributed by atoms with Crippen molar-refractivity contribution in [3.8, 4) is 0 Å². The van der Waals surface area contributed by atoms with Crippen molar-refractivity contribution in [1.29, 1.82) is 0 Å². The Labute approximate surface area is 184 Å². The normalized spacial score (nSPS) is 14.5. The molecule has 0 spiro atoms. The van der Waals surface area contributed by atoms with Gasteiger partial charge < -0.3 is 10.6 Å². The molecule has 0 aliphatic heterocycles. The van der Waals surface area contributed by atoms with Crippen molar-refractivity contribution in [2.75, 3.05) is 5.32 Å². The predicted octanol–water partition coefficient (Wildman–Crippen LogP) is 3.78. The minimum atomic E-state index is -0.299. The van der Waals surface area contributed by atoms with Gasteiger partial charge >= 0.3 is 0 Å². The number of carbonyl (C=O) groups is 2. The van der Waals surface area contributed by atoms with Crippen LogP contribution in [0.4, 0.5) is 5.69 Å². The summed E-state index contributed by atoms with van der Waals surface area (Å²) in [4.78, 5) is 43.6. The Kier molecular flexibility index (Phi) is 6.18. The van der Waals surface area contributed by atoms with E-state index in [0.29, 0.717) is 20.7 Å². The van der Waals surface area contributed by atoms with E-state index in [1.54, 1.807) is 6.92 Å². The second-order valence-corrected chi connectivity index (χ2v) is 9.08. The molecule has 31 heavy (non-hydrogen) atoms. The van der Waals surface area contributed by atoms with Crippen LogP contribution >= 0.6 is 11.3 Å². The number of anilines is 1. The third-order valence-electron chi connectivity index (χ3n) is 5.80. The molecule has 1 aliphatic rings. The van der Waals surface area contributed by atoms with Crippen LogP contribution in [0.5, 0.6) is 0 Å². The molecule has 1 aliphatic carbocycles. The third-order valence-corrected chi connectivity index (χ3v) is 7.00. The number of hydrogen-bond acceptors (Lipinski definition) is 5. The summed E-state index contributed by atoms with van der Waals surface area (Å²) < 4.78 is 1.32. The number of hydrogen-bond donors (Lipinski definition) is 2. The molecule has 8 heteroatoms. The maximum atomic E-state index is 13.0. The zero-order valence-corrected chi connectivity index (χ0v) is 18.6. The van der Waals surface area contributed by atoms with Crippen molar-refractivity contribution < 1.29 is 9.59 Å². The average molecular weight is 439 g/mol. The van der Waals surface area contributed by atoms with E-state index in [1.807, 2.05) is 31.2 Å². The highest BCUT2D eigenvalue weighted by Gasteiger charge is 2.21. The molecule has 0 bridgehead atoms. The highest BCUT2D eigenvalue weighted by atomic mass is 32.1. The van der Waals surface area contributed by atoms with Gasteiger partial charge in [-0.1, -0.05) is 37.5 Å². The maximum absolute atomic E-state index is 13.0. The first-order valence-corrected chi connectivity index (χ1v) is 11.4. The first-order valence-electron chi connectivity index (χ1n) is 10.6. The fourth-order valence-corrected chi connectivity index (χ4v) is 5.09. The fourth-order valence-electron chi connectivity index (χ4n) is 4.06. The van der Waals surface area contributed by atoms with Crippen molar-refractivity contribution in [3.63, 3.8) is 0 Å². The molecule has 1 saturated carbocycles. The molecule has 4 rings (SSSR count). The Bertz CT molecular complexity index is 1190. The molecule has 0 radical (unpaired) electrons. The summed E-state index contributed by atoms with van der Waals surface area (Å²) in [6, 6.07) is 7.72. The van der Waals surface area contributed by atoms with Gasteiger partial charge in [-0.15, -0.1) is 11.3 Å². The highest BCUT2D eigenvalue weighted by molar-refractivity contribution is 7.20. The lowest BCUT2D eigenvalue weighted by Crippen LogP contribution is -2.39. The molecular formula is C23H26N4O3S. The molecule has 2 aromatic heterocycles. The number of para-hydroxylation sites is 1. The standard InChI is InChI=1S/C23H26N4O3S/c1-14-8-6-7-11-17(14)26-21(29)20-15(2)19-22(31-20)24-13-27(23(19)30)12-18(28)25-16-9-4-3-5-10-16/h6-8,11,13,16H,3-5,9-10,12H2,1-2H3,(H,25,28)(H,26,29). The lowest BCUT2D eigenvalue weighted by Gasteiger charge is -2.22. The molecule has 1 aromatic carbocycles. The van der Waals surface area contributed by atoms with E-state index in [4.69, 9.17) is 0 Å². The summed E-state index contributed by atoms with van der Waals surface area (Å²) in [7, 11) is 0. The number of aryl methyl sites for hydroxylation is 2. The Balaban J connectivity index is 1.56. The average Bonchev–Trinajstić information content (AvgIpc) is 3.10. The molecule has 162 valence electrons. The van der Waals surface area contributed by atoms with Gasteiger partial charge in [0.05, 0.1) is 16.6 Å². The van der Waals surface area contributed by atoms with Crippen molar-refractivity contribution in [3.05, 3.63) is 57.0 Å². The van der Waals surface area contributed by atoms with Crippen LogP contribution in [0.3, 0.4) is 0 Å². The Morgan fingerprint density at radius 3 is 2.65 bits per heavy atom. The first kappa shape index (κ1) is 21.2. The predicted molar refractivity (Wildman–Crippen MR) is 123 cm³/mol. The molecule has 0 unspecified atom stereocenters. The van der Waals surface area contributed by atoms with Crippen molar-refractivity contribution >= 4 is 39.1 Å². The minimum absolute atomic E-state index is 0.0711. The largest absolute Gasteiger partial charge is 0.352 e. The van der Waals surface area contributed by atoms with Crippen LogP contribution in [-0.4, -0.2) is 27.4 Å². The van der Waals surface area contributed by atoms with Crippen molar-refractivity contribution in [2.45, 2.75) is 58.5 Å². The van der Waals surface area contributed by atoms with Gasteiger partial charge in [0.25, 0.3) is 11.5 Å². The maximum Gasteiger partial charge on any atom is 0.266 e. The highest BCUT2D eigenvalue weighted by Crippen LogP contribution is 2.28. The SMILES string of the molecule is Cc1ccccc1NC(=O)c1sc2ncn(CC(=O)NC3CCCCC3)c(=O)c2c1C. The van der Waals surface area contributed by atoms with Crippen LogP contribution < -0.4 is 16.2 Å². The lowest BCUT2D eigenvalue weighted by atomic mass is 9.95. The van der Waals surface area contributed by atoms with E-state index in [2.05, 4.69) is 15.6 Å². The van der Waals surface area contributed by atoms with Gasteiger partial charge in [0.2, 0.25) is 5.91 Å². The number of aromatic nitrogens is 2. The Hall–Kier alpha value is -3.00. The van der Waals surface area contributed by atoms with Crippen LogP contribution in [0.25, 0.3) is 10.2 Å². The van der Waals surface area contributed by atoms with Crippen LogP contribution in [0.15, 0.2) is 35.4 Å². The van der Waals surface area contributed by atoms with E-state index in [0.717, 1.165) is 36.9 Å². The van der Waals surface area contributed by atoms with Gasteiger partial charge in [-0.25, -0.2) is 4.98 Å². The van der Waals surface area contributed by atoms with E-state index in [1.165, 1.54) is 28.7 Å². The van der Waals surface area contributed by atoms with Gasteiger partial charge in [0, 0.05) is 11.7 Å². The molecule has 7 nitrogen and oxygen atoms in total. The monoisotopic (exact) mass is 438 g/mol. The lowest BCUT2D eigenvalue weighted by molar-refractivity contribution is -0.122. The number of nitrogens with one attached hydrogen (secondary N) is 2. The molecule has 3 aromatic rings. The summed E-state index contributed by atoms with van der Waals surface area (Å²) in [6.45, 7) is 3.60. The van der Waals surface area contributed by atoms with E-state index in [9.17, 15) is 14.4 Å². The van der Waals surface area contributed by atoms with Gasteiger partial charge in [-0.05, 0) is 43.9 Å². The zero-order valence-electron chi connectivity index (χ0n) is 17.7. The number of fused-ring (bicyclic) bond motifs is 1. The zero-order chi connectivity index (χ0) is 22.0. The van der Waals surface area contributed by atoms with Crippen LogP contribution in [0.1, 0.15) is 52.9 Å². The quantitative estimate of drug-likeness (QED) is 0.634.